The summed E-state index contributed by atoms with van der Waals surface area (Å²) in [5.41, 5.74) is 3.06. The van der Waals surface area contributed by atoms with Gasteiger partial charge >= 0.3 is 6.09 Å². The average molecular weight is 442 g/mol. The molecule has 32 heavy (non-hydrogen) atoms. The molecule has 4 N–H and O–H groups in total. The first-order chi connectivity index (χ1) is 15.0. The number of amides is 3. The van der Waals surface area contributed by atoms with Crippen LogP contribution in [0.1, 0.15) is 53.6 Å². The number of nitrogens with one attached hydrogen (secondary N) is 4. The number of carbonyl (C=O) groups excluding carboxylic acids is 3. The van der Waals surface area contributed by atoms with Gasteiger partial charge in [-0.1, -0.05) is 0 Å². The van der Waals surface area contributed by atoms with Gasteiger partial charge in [0.05, 0.1) is 11.1 Å². The molecule has 0 saturated carbocycles. The second kappa shape index (κ2) is 8.86. The summed E-state index contributed by atoms with van der Waals surface area (Å²) < 4.78 is 18.8. The Labute approximate surface area is 185 Å². The van der Waals surface area contributed by atoms with E-state index in [9.17, 15) is 18.8 Å². The lowest BCUT2D eigenvalue weighted by Gasteiger charge is -2.19. The van der Waals surface area contributed by atoms with Gasteiger partial charge in [-0.15, -0.1) is 0 Å². The third kappa shape index (κ3) is 5.16. The molecule has 2 aromatic rings. The monoisotopic (exact) mass is 442 g/mol. The normalized spacial score (nSPS) is 14.2. The van der Waals surface area contributed by atoms with Crippen LogP contribution in [0.15, 0.2) is 18.2 Å². The standard InChI is InChI=1S/C23H27FN4O4/c1-12-18(11-16-15-10-14(24)6-7-17(15)28-20(16)29)27-13(2)19(12)21(30)25-8-9-26-22(31)32-23(3,4)5/h6-7,10-11,27H,8-9H2,1-5H3,(H,25,30)(H,26,31)(H,28,29). The van der Waals surface area contributed by atoms with Gasteiger partial charge in [0.1, 0.15) is 11.4 Å². The molecule has 0 fully saturated rings. The highest BCUT2D eigenvalue weighted by Gasteiger charge is 2.26. The number of ether oxygens (including phenoxy) is 1. The second-order valence-corrected chi connectivity index (χ2v) is 8.55. The van der Waals surface area contributed by atoms with E-state index < -0.39 is 17.5 Å². The maximum absolute atomic E-state index is 13.7. The Bertz CT molecular complexity index is 1110. The van der Waals surface area contributed by atoms with Crippen molar-refractivity contribution >= 4 is 35.2 Å². The number of benzene rings is 1. The maximum Gasteiger partial charge on any atom is 0.407 e. The van der Waals surface area contributed by atoms with Crippen LogP contribution in [0.25, 0.3) is 11.6 Å². The summed E-state index contributed by atoms with van der Waals surface area (Å²) >= 11 is 0. The van der Waals surface area contributed by atoms with Crippen LogP contribution in [-0.4, -0.2) is 41.6 Å². The molecule has 0 saturated heterocycles. The average Bonchev–Trinajstić information content (AvgIpc) is 3.13. The first kappa shape index (κ1) is 23.1. The van der Waals surface area contributed by atoms with E-state index in [1.165, 1.54) is 18.2 Å². The molecule has 0 radical (unpaired) electrons. The molecule has 3 rings (SSSR count). The summed E-state index contributed by atoms with van der Waals surface area (Å²) in [6.07, 6.45) is 1.06. The van der Waals surface area contributed by atoms with Gasteiger partial charge in [-0.05, 0) is 64.5 Å². The van der Waals surface area contributed by atoms with E-state index in [4.69, 9.17) is 4.74 Å². The van der Waals surface area contributed by atoms with E-state index in [1.807, 2.05) is 0 Å². The van der Waals surface area contributed by atoms with Gasteiger partial charge in [0.25, 0.3) is 11.8 Å². The van der Waals surface area contributed by atoms with E-state index in [2.05, 4.69) is 20.9 Å². The van der Waals surface area contributed by atoms with Crippen molar-refractivity contribution in [2.24, 2.45) is 0 Å². The number of carbonyl (C=O) groups is 3. The van der Waals surface area contributed by atoms with Gasteiger partial charge in [0, 0.05) is 35.7 Å². The number of hydrogen-bond donors (Lipinski definition) is 4. The van der Waals surface area contributed by atoms with Crippen LogP contribution in [0.4, 0.5) is 14.9 Å². The van der Waals surface area contributed by atoms with Crippen molar-refractivity contribution in [2.45, 2.75) is 40.2 Å². The van der Waals surface area contributed by atoms with Crippen molar-refractivity contribution in [3.8, 4) is 0 Å². The number of aromatic amines is 1. The number of fused-ring (bicyclic) bond motifs is 1. The molecule has 1 aromatic heterocycles. The van der Waals surface area contributed by atoms with Gasteiger partial charge in [-0.2, -0.15) is 0 Å². The zero-order valence-corrected chi connectivity index (χ0v) is 18.7. The number of aryl methyl sites for hydroxylation is 1. The molecule has 8 nitrogen and oxygen atoms in total. The van der Waals surface area contributed by atoms with Crippen LogP contribution >= 0.6 is 0 Å². The lowest BCUT2D eigenvalue weighted by molar-refractivity contribution is -0.110. The van der Waals surface area contributed by atoms with E-state index in [1.54, 1.807) is 40.7 Å². The fourth-order valence-corrected chi connectivity index (χ4v) is 3.45. The minimum atomic E-state index is -0.597. The fraction of sp³-hybridized carbons (Fsp3) is 0.348. The van der Waals surface area contributed by atoms with Crippen LogP contribution in [0.3, 0.4) is 0 Å². The van der Waals surface area contributed by atoms with E-state index >= 15 is 0 Å². The Hall–Kier alpha value is -3.62. The molecule has 2 heterocycles. The summed E-state index contributed by atoms with van der Waals surface area (Å²) in [7, 11) is 0. The zero-order valence-electron chi connectivity index (χ0n) is 18.7. The van der Waals surface area contributed by atoms with Gasteiger partial charge in [0.15, 0.2) is 0 Å². The third-order valence-electron chi connectivity index (χ3n) is 4.84. The topological polar surface area (TPSA) is 112 Å². The van der Waals surface area contributed by atoms with Crippen molar-refractivity contribution in [3.63, 3.8) is 0 Å². The number of hydrogen-bond acceptors (Lipinski definition) is 4. The molecule has 0 atom stereocenters. The Balaban J connectivity index is 1.70. The number of alkyl carbamates (subject to hydrolysis) is 1. The van der Waals surface area contributed by atoms with Crippen LogP contribution in [0, 0.1) is 19.7 Å². The van der Waals surface area contributed by atoms with Gasteiger partial charge in [0.2, 0.25) is 0 Å². The molecule has 0 spiro atoms. The van der Waals surface area contributed by atoms with Crippen LogP contribution in [-0.2, 0) is 9.53 Å². The minimum absolute atomic E-state index is 0.211. The van der Waals surface area contributed by atoms with Crippen molar-refractivity contribution in [1.29, 1.82) is 0 Å². The number of halogens is 1. The Kier molecular flexibility index (Phi) is 6.38. The maximum atomic E-state index is 13.7. The largest absolute Gasteiger partial charge is 0.444 e. The Morgan fingerprint density at radius 2 is 1.84 bits per heavy atom. The quantitative estimate of drug-likeness (QED) is 0.419. The molecular weight excluding hydrogens is 415 g/mol. The van der Waals surface area contributed by atoms with Crippen molar-refractivity contribution in [3.05, 3.63) is 52.1 Å². The molecule has 1 aliphatic rings. The highest BCUT2D eigenvalue weighted by Crippen LogP contribution is 2.34. The molecule has 1 aromatic carbocycles. The van der Waals surface area contributed by atoms with E-state index in [0.717, 1.165) is 0 Å². The van der Waals surface area contributed by atoms with Crippen molar-refractivity contribution < 1.29 is 23.5 Å². The highest BCUT2D eigenvalue weighted by atomic mass is 19.1. The van der Waals surface area contributed by atoms with E-state index in [-0.39, 0.29) is 24.9 Å². The SMILES string of the molecule is Cc1[nH]c(C=C2C(=O)Nc3ccc(F)cc32)c(C)c1C(=O)NCCNC(=O)OC(C)(C)C. The molecule has 9 heteroatoms. The lowest BCUT2D eigenvalue weighted by Crippen LogP contribution is -2.38. The van der Waals surface area contributed by atoms with Crippen molar-refractivity contribution in [2.75, 3.05) is 18.4 Å². The first-order valence-electron chi connectivity index (χ1n) is 10.2. The first-order valence-corrected chi connectivity index (χ1v) is 10.2. The number of H-pyrrole nitrogens is 1. The summed E-state index contributed by atoms with van der Waals surface area (Å²) in [6.45, 7) is 9.25. The Morgan fingerprint density at radius 3 is 2.53 bits per heavy atom. The summed E-state index contributed by atoms with van der Waals surface area (Å²) in [6, 6.07) is 4.10. The Morgan fingerprint density at radius 1 is 1.16 bits per heavy atom. The third-order valence-corrected chi connectivity index (χ3v) is 4.84. The van der Waals surface area contributed by atoms with Crippen LogP contribution < -0.4 is 16.0 Å². The molecule has 0 bridgehead atoms. The summed E-state index contributed by atoms with van der Waals surface area (Å²) in [5.74, 6) is -1.09. The second-order valence-electron chi connectivity index (χ2n) is 8.55. The van der Waals surface area contributed by atoms with Gasteiger partial charge in [-0.3, -0.25) is 9.59 Å². The predicted octanol–water partition coefficient (Wildman–Crippen LogP) is 3.52. The van der Waals surface area contributed by atoms with Gasteiger partial charge < -0.3 is 25.7 Å². The predicted molar refractivity (Wildman–Crippen MR) is 120 cm³/mol. The number of anilines is 1. The zero-order chi connectivity index (χ0) is 23.6. The molecular formula is C23H27FN4O4. The smallest absolute Gasteiger partial charge is 0.407 e. The van der Waals surface area contributed by atoms with Gasteiger partial charge in [-0.25, -0.2) is 9.18 Å². The van der Waals surface area contributed by atoms with Crippen LogP contribution in [0.5, 0.6) is 0 Å². The molecule has 170 valence electrons. The summed E-state index contributed by atoms with van der Waals surface area (Å²) in [5, 5.41) is 8.04. The molecule has 3 amide bonds. The molecule has 0 aliphatic carbocycles. The fourth-order valence-electron chi connectivity index (χ4n) is 3.45. The van der Waals surface area contributed by atoms with E-state index in [0.29, 0.717) is 39.3 Å². The highest BCUT2D eigenvalue weighted by molar-refractivity contribution is 6.34. The lowest BCUT2D eigenvalue weighted by atomic mass is 10.0. The molecule has 1 aliphatic heterocycles. The number of aromatic nitrogens is 1. The van der Waals surface area contributed by atoms with Crippen LogP contribution in [0.2, 0.25) is 0 Å². The number of rotatable bonds is 5. The summed E-state index contributed by atoms with van der Waals surface area (Å²) in [4.78, 5) is 39.8. The minimum Gasteiger partial charge on any atom is -0.444 e. The van der Waals surface area contributed by atoms with Crippen molar-refractivity contribution in [1.82, 2.24) is 15.6 Å². The molecule has 0 unspecified atom stereocenters.